The molecule has 25 heavy (non-hydrogen) atoms. The predicted octanol–water partition coefficient (Wildman–Crippen LogP) is 2.33. The molecular formula is C18H16F2N2O3. The molecule has 0 aliphatic carbocycles. The number of hydrogen-bond donors (Lipinski definition) is 2. The van der Waals surface area contributed by atoms with E-state index in [1.165, 1.54) is 0 Å². The van der Waals surface area contributed by atoms with Gasteiger partial charge in [0.25, 0.3) is 5.91 Å². The maximum Gasteiger partial charge on any atom is 0.254 e. The van der Waals surface area contributed by atoms with Gasteiger partial charge in [0.15, 0.2) is 0 Å². The van der Waals surface area contributed by atoms with Gasteiger partial charge in [-0.3, -0.25) is 9.59 Å². The molecule has 2 aromatic rings. The zero-order valence-corrected chi connectivity index (χ0v) is 13.2. The molecule has 0 saturated carbocycles. The lowest BCUT2D eigenvalue weighted by atomic mass is 10.0. The summed E-state index contributed by atoms with van der Waals surface area (Å²) in [5.41, 5.74) is 0.559. The number of rotatable bonds is 4. The minimum Gasteiger partial charge on any atom is -0.493 e. The molecule has 0 spiro atoms. The lowest BCUT2D eigenvalue weighted by molar-refractivity contribution is -0.121. The van der Waals surface area contributed by atoms with Crippen molar-refractivity contribution in [3.05, 3.63) is 65.2 Å². The highest BCUT2D eigenvalue weighted by molar-refractivity contribution is 5.96. The fraction of sp³-hybridized carbons (Fsp3) is 0.222. The lowest BCUT2D eigenvalue weighted by Crippen LogP contribution is -2.40. The number of carbonyl (C=O) groups excluding carboxylic acids is 2. The Morgan fingerprint density at radius 1 is 1.16 bits per heavy atom. The van der Waals surface area contributed by atoms with Crippen molar-refractivity contribution in [2.75, 3.05) is 13.2 Å². The minimum absolute atomic E-state index is 0.211. The zero-order valence-electron chi connectivity index (χ0n) is 13.2. The van der Waals surface area contributed by atoms with Gasteiger partial charge in [-0.15, -0.1) is 0 Å². The molecule has 130 valence electrons. The van der Waals surface area contributed by atoms with Gasteiger partial charge in [0, 0.05) is 18.1 Å². The molecule has 3 rings (SSSR count). The summed E-state index contributed by atoms with van der Waals surface area (Å²) in [5, 5.41) is 5.15. The van der Waals surface area contributed by atoms with Crippen LogP contribution in [0.15, 0.2) is 42.5 Å². The molecule has 1 unspecified atom stereocenters. The van der Waals surface area contributed by atoms with E-state index in [-0.39, 0.29) is 18.2 Å². The van der Waals surface area contributed by atoms with Crippen LogP contribution >= 0.6 is 0 Å². The molecule has 0 saturated heterocycles. The molecule has 7 heteroatoms. The zero-order chi connectivity index (χ0) is 17.8. The molecule has 2 N–H and O–H groups in total. The van der Waals surface area contributed by atoms with Gasteiger partial charge >= 0.3 is 0 Å². The summed E-state index contributed by atoms with van der Waals surface area (Å²) in [6, 6.07) is 9.82. The van der Waals surface area contributed by atoms with Crippen molar-refractivity contribution in [3.8, 4) is 5.75 Å². The molecule has 0 radical (unpaired) electrons. The second kappa shape index (κ2) is 7.29. The number of hydrogen-bond acceptors (Lipinski definition) is 3. The molecule has 5 nitrogen and oxygen atoms in total. The average Bonchev–Trinajstić information content (AvgIpc) is 2.60. The Labute approximate surface area is 143 Å². The number of fused-ring (bicyclic) bond motifs is 1. The normalized spacial score (nSPS) is 15.7. The highest BCUT2D eigenvalue weighted by Crippen LogP contribution is 2.31. The molecular weight excluding hydrogens is 330 g/mol. The summed E-state index contributed by atoms with van der Waals surface area (Å²) in [7, 11) is 0. The monoisotopic (exact) mass is 346 g/mol. The number of carbonyl (C=O) groups is 2. The van der Waals surface area contributed by atoms with E-state index in [4.69, 9.17) is 4.74 Å². The smallest absolute Gasteiger partial charge is 0.254 e. The number of nitrogens with one attached hydrogen (secondary N) is 2. The lowest BCUT2D eigenvalue weighted by Gasteiger charge is -2.26. The molecule has 1 heterocycles. The number of ether oxygens (including phenoxy) is 1. The molecule has 1 atom stereocenters. The largest absolute Gasteiger partial charge is 0.493 e. The fourth-order valence-corrected chi connectivity index (χ4v) is 2.67. The Balaban J connectivity index is 1.58. The highest BCUT2D eigenvalue weighted by Gasteiger charge is 2.23. The van der Waals surface area contributed by atoms with Crippen LogP contribution in [-0.2, 0) is 4.79 Å². The number of benzene rings is 2. The highest BCUT2D eigenvalue weighted by atomic mass is 19.1. The van der Waals surface area contributed by atoms with Gasteiger partial charge in [0.2, 0.25) is 5.91 Å². The van der Waals surface area contributed by atoms with Crippen molar-refractivity contribution in [1.82, 2.24) is 10.6 Å². The van der Waals surface area contributed by atoms with Crippen LogP contribution in [0, 0.1) is 11.6 Å². The summed E-state index contributed by atoms with van der Waals surface area (Å²) < 4.78 is 31.9. The Bertz CT molecular complexity index is 811. The van der Waals surface area contributed by atoms with Crippen LogP contribution < -0.4 is 15.4 Å². The van der Waals surface area contributed by atoms with Crippen LogP contribution in [0.4, 0.5) is 8.78 Å². The maximum absolute atomic E-state index is 13.5. The SMILES string of the molecule is O=C(CNC(=O)c1ccc(F)cc1F)NC1CCOc2ccccc21. The Hall–Kier alpha value is -2.96. The molecule has 2 aromatic carbocycles. The minimum atomic E-state index is -0.976. The van der Waals surface area contributed by atoms with E-state index >= 15 is 0 Å². The van der Waals surface area contributed by atoms with Crippen molar-refractivity contribution in [3.63, 3.8) is 0 Å². The van der Waals surface area contributed by atoms with E-state index in [1.807, 2.05) is 24.3 Å². The van der Waals surface area contributed by atoms with Crippen molar-refractivity contribution < 1.29 is 23.1 Å². The second-order valence-electron chi connectivity index (χ2n) is 5.60. The van der Waals surface area contributed by atoms with Gasteiger partial charge in [-0.25, -0.2) is 8.78 Å². The van der Waals surface area contributed by atoms with E-state index in [2.05, 4.69) is 10.6 Å². The summed E-state index contributed by atoms with van der Waals surface area (Å²) in [6.07, 6.45) is 0.614. The summed E-state index contributed by atoms with van der Waals surface area (Å²) in [4.78, 5) is 24.0. The maximum atomic E-state index is 13.5. The van der Waals surface area contributed by atoms with Crippen molar-refractivity contribution in [2.24, 2.45) is 0 Å². The van der Waals surface area contributed by atoms with Gasteiger partial charge in [-0.2, -0.15) is 0 Å². The van der Waals surface area contributed by atoms with E-state index < -0.39 is 23.4 Å². The molecule has 1 aliphatic heterocycles. The van der Waals surface area contributed by atoms with Gasteiger partial charge in [0.1, 0.15) is 17.4 Å². The Morgan fingerprint density at radius 3 is 2.76 bits per heavy atom. The van der Waals surface area contributed by atoms with E-state index in [0.29, 0.717) is 19.1 Å². The third kappa shape index (κ3) is 3.93. The van der Waals surface area contributed by atoms with E-state index in [1.54, 1.807) is 0 Å². The quantitative estimate of drug-likeness (QED) is 0.893. The molecule has 0 fully saturated rings. The van der Waals surface area contributed by atoms with Crippen LogP contribution in [0.1, 0.15) is 28.4 Å². The first kappa shape index (κ1) is 16.9. The number of amides is 2. The topological polar surface area (TPSA) is 67.4 Å². The second-order valence-corrected chi connectivity index (χ2v) is 5.60. The van der Waals surface area contributed by atoms with Gasteiger partial charge in [-0.1, -0.05) is 18.2 Å². The average molecular weight is 346 g/mol. The molecule has 0 bridgehead atoms. The third-order valence-corrected chi connectivity index (χ3v) is 3.88. The first-order valence-electron chi connectivity index (χ1n) is 7.79. The van der Waals surface area contributed by atoms with E-state index in [0.717, 1.165) is 23.4 Å². The van der Waals surface area contributed by atoms with Crippen LogP contribution in [0.2, 0.25) is 0 Å². The summed E-state index contributed by atoms with van der Waals surface area (Å²) >= 11 is 0. The van der Waals surface area contributed by atoms with Crippen LogP contribution in [0.25, 0.3) is 0 Å². The number of para-hydroxylation sites is 1. The third-order valence-electron chi connectivity index (χ3n) is 3.88. The summed E-state index contributed by atoms with van der Waals surface area (Å²) in [5.74, 6) is -2.21. The standard InChI is InChI=1S/C18H16F2N2O3/c19-11-5-6-12(14(20)9-11)18(24)21-10-17(23)22-15-7-8-25-16-4-2-1-3-13(15)16/h1-6,9,15H,7-8,10H2,(H,21,24)(H,22,23). The van der Waals surface area contributed by atoms with Crippen molar-refractivity contribution in [2.45, 2.75) is 12.5 Å². The first-order valence-corrected chi connectivity index (χ1v) is 7.79. The number of halogens is 2. The van der Waals surface area contributed by atoms with Crippen LogP contribution in [-0.4, -0.2) is 25.0 Å². The van der Waals surface area contributed by atoms with Crippen LogP contribution in [0.5, 0.6) is 5.75 Å². The molecule has 2 amide bonds. The van der Waals surface area contributed by atoms with Gasteiger partial charge < -0.3 is 15.4 Å². The Morgan fingerprint density at radius 2 is 1.96 bits per heavy atom. The van der Waals surface area contributed by atoms with E-state index in [9.17, 15) is 18.4 Å². The first-order chi connectivity index (χ1) is 12.0. The summed E-state index contributed by atoms with van der Waals surface area (Å²) in [6.45, 7) is 0.171. The fourth-order valence-electron chi connectivity index (χ4n) is 2.67. The van der Waals surface area contributed by atoms with Crippen LogP contribution in [0.3, 0.4) is 0 Å². The van der Waals surface area contributed by atoms with Gasteiger partial charge in [0.05, 0.1) is 24.8 Å². The molecule has 1 aliphatic rings. The van der Waals surface area contributed by atoms with Crippen molar-refractivity contribution >= 4 is 11.8 Å². The Kier molecular flexibility index (Phi) is 4.92. The van der Waals surface area contributed by atoms with Crippen molar-refractivity contribution in [1.29, 1.82) is 0 Å². The van der Waals surface area contributed by atoms with Gasteiger partial charge in [-0.05, 0) is 18.2 Å². The molecule has 0 aromatic heterocycles. The predicted molar refractivity (Wildman–Crippen MR) is 86.1 cm³/mol.